The maximum absolute atomic E-state index is 4.30. The summed E-state index contributed by atoms with van der Waals surface area (Å²) in [6.45, 7) is 7.25. The molecule has 0 aromatic carbocycles. The van der Waals surface area contributed by atoms with Crippen LogP contribution in [0.1, 0.15) is 38.6 Å². The lowest BCUT2D eigenvalue weighted by molar-refractivity contribution is 0.586. The molecular formula is C11H19N3. The first kappa shape index (κ1) is 11.1. The standard InChI is InChI=1S/C11H19N3/c1-4-5-11-13-7-10(8-14-11)6-12-9(2)3/h7-9,12H,4-6H2,1-3H3. The molecule has 1 rings (SSSR count). The van der Waals surface area contributed by atoms with E-state index in [0.29, 0.717) is 6.04 Å². The Labute approximate surface area is 86.0 Å². The van der Waals surface area contributed by atoms with Crippen LogP contribution in [-0.4, -0.2) is 16.0 Å². The molecule has 0 bridgehead atoms. The van der Waals surface area contributed by atoms with Crippen molar-refractivity contribution in [3.63, 3.8) is 0 Å². The molecule has 0 aliphatic rings. The van der Waals surface area contributed by atoms with Gasteiger partial charge in [-0.15, -0.1) is 0 Å². The molecule has 14 heavy (non-hydrogen) atoms. The molecule has 0 spiro atoms. The maximum atomic E-state index is 4.30. The Balaban J connectivity index is 2.46. The highest BCUT2D eigenvalue weighted by molar-refractivity contribution is 5.05. The summed E-state index contributed by atoms with van der Waals surface area (Å²) in [7, 11) is 0. The second-order valence-corrected chi connectivity index (χ2v) is 3.79. The van der Waals surface area contributed by atoms with Gasteiger partial charge < -0.3 is 5.32 Å². The van der Waals surface area contributed by atoms with Crippen molar-refractivity contribution in [2.75, 3.05) is 0 Å². The zero-order chi connectivity index (χ0) is 10.4. The van der Waals surface area contributed by atoms with Crippen LogP contribution in [0.3, 0.4) is 0 Å². The van der Waals surface area contributed by atoms with Gasteiger partial charge in [-0.3, -0.25) is 0 Å². The van der Waals surface area contributed by atoms with Crippen LogP contribution in [0.4, 0.5) is 0 Å². The van der Waals surface area contributed by atoms with Crippen LogP contribution in [-0.2, 0) is 13.0 Å². The van der Waals surface area contributed by atoms with Gasteiger partial charge in [0.15, 0.2) is 0 Å². The van der Waals surface area contributed by atoms with Gasteiger partial charge in [-0.25, -0.2) is 9.97 Å². The van der Waals surface area contributed by atoms with E-state index in [1.807, 2.05) is 12.4 Å². The van der Waals surface area contributed by atoms with Gasteiger partial charge in [0.05, 0.1) is 0 Å². The van der Waals surface area contributed by atoms with Crippen LogP contribution in [0, 0.1) is 0 Å². The van der Waals surface area contributed by atoms with E-state index in [-0.39, 0.29) is 0 Å². The topological polar surface area (TPSA) is 37.8 Å². The Morgan fingerprint density at radius 1 is 1.29 bits per heavy atom. The smallest absolute Gasteiger partial charge is 0.128 e. The predicted molar refractivity (Wildman–Crippen MR) is 58.0 cm³/mol. The minimum absolute atomic E-state index is 0.505. The average molecular weight is 193 g/mol. The van der Waals surface area contributed by atoms with Crippen LogP contribution >= 0.6 is 0 Å². The molecule has 0 fully saturated rings. The normalized spacial score (nSPS) is 10.9. The molecule has 0 atom stereocenters. The summed E-state index contributed by atoms with van der Waals surface area (Å²) in [5.41, 5.74) is 1.15. The number of rotatable bonds is 5. The number of aromatic nitrogens is 2. The molecule has 78 valence electrons. The molecule has 3 heteroatoms. The molecule has 0 radical (unpaired) electrons. The third-order valence-electron chi connectivity index (χ3n) is 1.95. The quantitative estimate of drug-likeness (QED) is 0.776. The molecule has 1 heterocycles. The van der Waals surface area contributed by atoms with Crippen LogP contribution < -0.4 is 5.32 Å². The summed E-state index contributed by atoms with van der Waals surface area (Å²) in [4.78, 5) is 8.59. The molecule has 0 saturated carbocycles. The summed E-state index contributed by atoms with van der Waals surface area (Å²) in [5, 5.41) is 3.33. The minimum Gasteiger partial charge on any atom is -0.310 e. The number of aryl methyl sites for hydroxylation is 1. The van der Waals surface area contributed by atoms with E-state index >= 15 is 0 Å². The van der Waals surface area contributed by atoms with Crippen LogP contribution in [0.2, 0.25) is 0 Å². The van der Waals surface area contributed by atoms with Crippen molar-refractivity contribution in [3.8, 4) is 0 Å². The molecule has 1 N–H and O–H groups in total. The van der Waals surface area contributed by atoms with Crippen molar-refractivity contribution in [3.05, 3.63) is 23.8 Å². The highest BCUT2D eigenvalue weighted by Crippen LogP contribution is 1.98. The SMILES string of the molecule is CCCc1ncc(CNC(C)C)cn1. The molecule has 1 aromatic rings. The Bertz CT molecular complexity index is 254. The van der Waals surface area contributed by atoms with Gasteiger partial charge in [0.1, 0.15) is 5.82 Å². The third-order valence-corrected chi connectivity index (χ3v) is 1.95. The highest BCUT2D eigenvalue weighted by atomic mass is 14.9. The van der Waals surface area contributed by atoms with Gasteiger partial charge >= 0.3 is 0 Å². The van der Waals surface area contributed by atoms with Crippen molar-refractivity contribution in [2.45, 2.75) is 46.2 Å². The number of nitrogens with zero attached hydrogens (tertiary/aromatic N) is 2. The molecule has 0 amide bonds. The van der Waals surface area contributed by atoms with Gasteiger partial charge in [-0.1, -0.05) is 20.8 Å². The Kier molecular flexibility index (Phi) is 4.53. The Morgan fingerprint density at radius 3 is 2.43 bits per heavy atom. The van der Waals surface area contributed by atoms with Gasteiger partial charge in [0, 0.05) is 37.0 Å². The van der Waals surface area contributed by atoms with Crippen LogP contribution in [0.5, 0.6) is 0 Å². The molecular weight excluding hydrogens is 174 g/mol. The third kappa shape index (κ3) is 3.83. The lowest BCUT2D eigenvalue weighted by Crippen LogP contribution is -2.22. The van der Waals surface area contributed by atoms with Crippen LogP contribution in [0.15, 0.2) is 12.4 Å². The highest BCUT2D eigenvalue weighted by Gasteiger charge is 1.97. The first-order chi connectivity index (χ1) is 6.72. The first-order valence-corrected chi connectivity index (χ1v) is 5.25. The minimum atomic E-state index is 0.505. The second-order valence-electron chi connectivity index (χ2n) is 3.79. The van der Waals surface area contributed by atoms with Crippen molar-refractivity contribution in [1.82, 2.24) is 15.3 Å². The van der Waals surface area contributed by atoms with E-state index in [4.69, 9.17) is 0 Å². The van der Waals surface area contributed by atoms with E-state index in [1.165, 1.54) is 0 Å². The lowest BCUT2D eigenvalue weighted by Gasteiger charge is -2.07. The fraction of sp³-hybridized carbons (Fsp3) is 0.636. The first-order valence-electron chi connectivity index (χ1n) is 5.25. The van der Waals surface area contributed by atoms with Gasteiger partial charge in [0.25, 0.3) is 0 Å². The van der Waals surface area contributed by atoms with Gasteiger partial charge in [-0.2, -0.15) is 0 Å². The molecule has 0 saturated heterocycles. The van der Waals surface area contributed by atoms with E-state index in [1.54, 1.807) is 0 Å². The van der Waals surface area contributed by atoms with Crippen molar-refractivity contribution < 1.29 is 0 Å². The number of hydrogen-bond acceptors (Lipinski definition) is 3. The number of nitrogens with one attached hydrogen (secondary N) is 1. The average Bonchev–Trinajstić information content (AvgIpc) is 2.17. The largest absolute Gasteiger partial charge is 0.310 e. The lowest BCUT2D eigenvalue weighted by atomic mass is 10.3. The second kappa shape index (κ2) is 5.70. The Morgan fingerprint density at radius 2 is 1.93 bits per heavy atom. The fourth-order valence-electron chi connectivity index (χ4n) is 1.15. The van der Waals surface area contributed by atoms with E-state index in [9.17, 15) is 0 Å². The van der Waals surface area contributed by atoms with Crippen molar-refractivity contribution in [1.29, 1.82) is 0 Å². The van der Waals surface area contributed by atoms with Gasteiger partial charge in [-0.05, 0) is 6.42 Å². The molecule has 0 unspecified atom stereocenters. The summed E-state index contributed by atoms with van der Waals surface area (Å²) < 4.78 is 0. The molecule has 0 aliphatic carbocycles. The predicted octanol–water partition coefficient (Wildman–Crippen LogP) is 1.93. The Hall–Kier alpha value is -0.960. The molecule has 3 nitrogen and oxygen atoms in total. The van der Waals surface area contributed by atoms with Crippen LogP contribution in [0.25, 0.3) is 0 Å². The van der Waals surface area contributed by atoms with E-state index in [2.05, 4.69) is 36.1 Å². The summed E-state index contributed by atoms with van der Waals surface area (Å²) in [6, 6.07) is 0.505. The zero-order valence-corrected chi connectivity index (χ0v) is 9.25. The zero-order valence-electron chi connectivity index (χ0n) is 9.25. The molecule has 1 aromatic heterocycles. The monoisotopic (exact) mass is 193 g/mol. The fourth-order valence-corrected chi connectivity index (χ4v) is 1.15. The summed E-state index contributed by atoms with van der Waals surface area (Å²) in [6.07, 6.45) is 5.89. The van der Waals surface area contributed by atoms with Crippen molar-refractivity contribution >= 4 is 0 Å². The van der Waals surface area contributed by atoms with E-state index < -0.39 is 0 Å². The van der Waals surface area contributed by atoms with Crippen molar-refractivity contribution in [2.24, 2.45) is 0 Å². The summed E-state index contributed by atoms with van der Waals surface area (Å²) >= 11 is 0. The summed E-state index contributed by atoms with van der Waals surface area (Å²) in [5.74, 6) is 0.945. The van der Waals surface area contributed by atoms with Gasteiger partial charge in [0.2, 0.25) is 0 Å². The maximum Gasteiger partial charge on any atom is 0.128 e. The van der Waals surface area contributed by atoms with E-state index in [0.717, 1.165) is 30.8 Å². The molecule has 0 aliphatic heterocycles. The number of hydrogen-bond donors (Lipinski definition) is 1.